The van der Waals surface area contributed by atoms with Crippen LogP contribution in [0.15, 0.2) is 0 Å². The van der Waals surface area contributed by atoms with E-state index in [9.17, 15) is 0 Å². The van der Waals surface area contributed by atoms with Crippen LogP contribution in [0.3, 0.4) is 0 Å². The first kappa shape index (κ1) is 14.3. The van der Waals surface area contributed by atoms with Crippen molar-refractivity contribution in [3.05, 3.63) is 0 Å². The average Bonchev–Trinajstić information content (AvgIpc) is 2.36. The Morgan fingerprint density at radius 2 is 2.00 bits per heavy atom. The van der Waals surface area contributed by atoms with Crippen molar-refractivity contribution >= 4 is 0 Å². The van der Waals surface area contributed by atoms with Crippen molar-refractivity contribution in [2.45, 2.75) is 58.2 Å². The van der Waals surface area contributed by atoms with E-state index in [0.717, 1.165) is 24.0 Å². The summed E-state index contributed by atoms with van der Waals surface area (Å²) in [5.74, 6) is 0.781. The molecule has 0 aliphatic carbocycles. The third-order valence-electron chi connectivity index (χ3n) is 5.01. The van der Waals surface area contributed by atoms with E-state index in [1.165, 1.54) is 45.4 Å². The van der Waals surface area contributed by atoms with E-state index in [1.54, 1.807) is 0 Å². The number of piperidine rings is 2. The van der Waals surface area contributed by atoms with Gasteiger partial charge in [0.15, 0.2) is 0 Å². The second-order valence-electron chi connectivity index (χ2n) is 6.51. The van der Waals surface area contributed by atoms with Gasteiger partial charge in [-0.15, -0.1) is 0 Å². The first-order chi connectivity index (χ1) is 8.60. The smallest absolute Gasteiger partial charge is 0.0198 e. The highest BCUT2D eigenvalue weighted by molar-refractivity contribution is 4.89. The van der Waals surface area contributed by atoms with Gasteiger partial charge in [0.25, 0.3) is 0 Å². The number of likely N-dealkylation sites (N-methyl/N-ethyl adjacent to an activating group) is 1. The van der Waals surface area contributed by atoms with Gasteiger partial charge >= 0.3 is 0 Å². The van der Waals surface area contributed by atoms with Crippen LogP contribution in [0.4, 0.5) is 0 Å². The summed E-state index contributed by atoms with van der Waals surface area (Å²) in [5, 5.41) is 3.95. The maximum atomic E-state index is 3.95. The molecule has 0 aromatic heterocycles. The lowest BCUT2D eigenvalue weighted by Crippen LogP contribution is -2.56. The Kier molecular flexibility index (Phi) is 5.05. The summed E-state index contributed by atoms with van der Waals surface area (Å²) in [7, 11) is 2.26. The van der Waals surface area contributed by atoms with Crippen LogP contribution in [0.2, 0.25) is 0 Å². The van der Waals surface area contributed by atoms with E-state index in [2.05, 4.69) is 42.9 Å². The van der Waals surface area contributed by atoms with E-state index in [1.807, 2.05) is 0 Å². The highest BCUT2D eigenvalue weighted by atomic mass is 15.2. The zero-order valence-corrected chi connectivity index (χ0v) is 12.7. The predicted molar refractivity (Wildman–Crippen MR) is 77.9 cm³/mol. The van der Waals surface area contributed by atoms with Crippen molar-refractivity contribution in [2.75, 3.05) is 33.2 Å². The molecule has 2 rings (SSSR count). The summed E-state index contributed by atoms with van der Waals surface area (Å²) in [4.78, 5) is 5.09. The third-order valence-corrected chi connectivity index (χ3v) is 5.01. The van der Waals surface area contributed by atoms with Crippen LogP contribution in [0.1, 0.15) is 40.0 Å². The quantitative estimate of drug-likeness (QED) is 0.827. The zero-order valence-electron chi connectivity index (χ0n) is 12.7. The van der Waals surface area contributed by atoms with Crippen molar-refractivity contribution in [2.24, 2.45) is 5.92 Å². The molecule has 0 amide bonds. The fraction of sp³-hybridized carbons (Fsp3) is 1.00. The fourth-order valence-electron chi connectivity index (χ4n) is 3.56. The number of likely N-dealkylation sites (tertiary alicyclic amines) is 2. The molecule has 18 heavy (non-hydrogen) atoms. The van der Waals surface area contributed by atoms with Crippen LogP contribution in [-0.4, -0.2) is 61.2 Å². The van der Waals surface area contributed by atoms with Crippen molar-refractivity contribution in [3.63, 3.8) is 0 Å². The average molecular weight is 253 g/mol. The summed E-state index contributed by atoms with van der Waals surface area (Å²) < 4.78 is 0. The summed E-state index contributed by atoms with van der Waals surface area (Å²) in [5.41, 5.74) is 0. The molecule has 106 valence electrons. The standard InChI is InChI=1S/C15H31N3/c1-5-18-8-6-7-14(11-18)16-15-9-13(3)17(4)10-12(15)2/h12-16H,5-11H2,1-4H3. The summed E-state index contributed by atoms with van der Waals surface area (Å²) in [6.45, 7) is 12.0. The van der Waals surface area contributed by atoms with Crippen LogP contribution in [-0.2, 0) is 0 Å². The molecule has 0 aromatic carbocycles. The van der Waals surface area contributed by atoms with Gasteiger partial charge < -0.3 is 15.1 Å². The summed E-state index contributed by atoms with van der Waals surface area (Å²) >= 11 is 0. The Bertz CT molecular complexity index is 256. The van der Waals surface area contributed by atoms with Crippen LogP contribution in [0, 0.1) is 5.92 Å². The molecular formula is C15H31N3. The highest BCUT2D eigenvalue weighted by Gasteiger charge is 2.31. The lowest BCUT2D eigenvalue weighted by molar-refractivity contribution is 0.102. The number of hydrogen-bond acceptors (Lipinski definition) is 3. The molecule has 0 radical (unpaired) electrons. The second-order valence-corrected chi connectivity index (χ2v) is 6.51. The largest absolute Gasteiger partial charge is 0.310 e. The first-order valence-corrected chi connectivity index (χ1v) is 7.78. The summed E-state index contributed by atoms with van der Waals surface area (Å²) in [6.07, 6.45) is 4.03. The van der Waals surface area contributed by atoms with Gasteiger partial charge in [0, 0.05) is 31.2 Å². The molecule has 0 bridgehead atoms. The van der Waals surface area contributed by atoms with Crippen molar-refractivity contribution in [1.29, 1.82) is 0 Å². The van der Waals surface area contributed by atoms with E-state index in [0.29, 0.717) is 0 Å². The first-order valence-electron chi connectivity index (χ1n) is 7.78. The van der Waals surface area contributed by atoms with Crippen LogP contribution >= 0.6 is 0 Å². The molecule has 2 aliphatic heterocycles. The fourth-order valence-corrected chi connectivity index (χ4v) is 3.56. The number of nitrogens with zero attached hydrogens (tertiary/aromatic N) is 2. The van der Waals surface area contributed by atoms with Crippen LogP contribution in [0.5, 0.6) is 0 Å². The van der Waals surface area contributed by atoms with Gasteiger partial charge in [0.1, 0.15) is 0 Å². The Balaban J connectivity index is 1.84. The molecule has 3 heteroatoms. The van der Waals surface area contributed by atoms with Crippen LogP contribution < -0.4 is 5.32 Å². The van der Waals surface area contributed by atoms with E-state index < -0.39 is 0 Å². The number of nitrogens with one attached hydrogen (secondary N) is 1. The molecule has 0 saturated carbocycles. The van der Waals surface area contributed by atoms with Gasteiger partial charge in [-0.25, -0.2) is 0 Å². The van der Waals surface area contributed by atoms with Crippen molar-refractivity contribution < 1.29 is 0 Å². The number of rotatable bonds is 3. The van der Waals surface area contributed by atoms with Gasteiger partial charge in [0.2, 0.25) is 0 Å². The SMILES string of the molecule is CCN1CCCC(NC2CC(C)N(C)CC2C)C1. The van der Waals surface area contributed by atoms with Gasteiger partial charge in [-0.05, 0) is 52.2 Å². The Morgan fingerprint density at radius 1 is 1.22 bits per heavy atom. The molecule has 2 aliphatic rings. The van der Waals surface area contributed by atoms with Crippen LogP contribution in [0.25, 0.3) is 0 Å². The molecule has 0 aromatic rings. The van der Waals surface area contributed by atoms with E-state index >= 15 is 0 Å². The molecular weight excluding hydrogens is 222 g/mol. The molecule has 4 atom stereocenters. The minimum atomic E-state index is 0.720. The Hall–Kier alpha value is -0.120. The van der Waals surface area contributed by atoms with Crippen molar-refractivity contribution in [3.8, 4) is 0 Å². The lowest BCUT2D eigenvalue weighted by atomic mass is 9.88. The van der Waals surface area contributed by atoms with Gasteiger partial charge in [-0.1, -0.05) is 13.8 Å². The Morgan fingerprint density at radius 3 is 2.72 bits per heavy atom. The third kappa shape index (κ3) is 3.46. The molecule has 1 N–H and O–H groups in total. The lowest BCUT2D eigenvalue weighted by Gasteiger charge is -2.43. The topological polar surface area (TPSA) is 18.5 Å². The van der Waals surface area contributed by atoms with Gasteiger partial charge in [0.05, 0.1) is 0 Å². The molecule has 4 unspecified atom stereocenters. The van der Waals surface area contributed by atoms with Crippen molar-refractivity contribution in [1.82, 2.24) is 15.1 Å². The summed E-state index contributed by atoms with van der Waals surface area (Å²) in [6, 6.07) is 2.17. The molecule has 2 fully saturated rings. The molecule has 0 spiro atoms. The zero-order chi connectivity index (χ0) is 13.1. The molecule has 2 saturated heterocycles. The monoisotopic (exact) mass is 253 g/mol. The van der Waals surface area contributed by atoms with E-state index in [-0.39, 0.29) is 0 Å². The maximum Gasteiger partial charge on any atom is 0.0198 e. The molecule has 2 heterocycles. The molecule has 3 nitrogen and oxygen atoms in total. The predicted octanol–water partition coefficient (Wildman–Crippen LogP) is 1.79. The maximum absolute atomic E-state index is 3.95. The van der Waals surface area contributed by atoms with Gasteiger partial charge in [-0.3, -0.25) is 0 Å². The minimum absolute atomic E-state index is 0.720. The number of hydrogen-bond donors (Lipinski definition) is 1. The highest BCUT2D eigenvalue weighted by Crippen LogP contribution is 2.22. The Labute approximate surface area is 113 Å². The van der Waals surface area contributed by atoms with E-state index in [4.69, 9.17) is 0 Å². The minimum Gasteiger partial charge on any atom is -0.310 e. The second kappa shape index (κ2) is 6.36. The normalized spacial score (nSPS) is 40.0. The van der Waals surface area contributed by atoms with Gasteiger partial charge in [-0.2, -0.15) is 0 Å².